The van der Waals surface area contributed by atoms with Gasteiger partial charge in [0.25, 0.3) is 0 Å². The largest absolute Gasteiger partial charge is 0.383 e. The fourth-order valence-electron chi connectivity index (χ4n) is 2.76. The van der Waals surface area contributed by atoms with E-state index < -0.39 is 16.1 Å². The van der Waals surface area contributed by atoms with E-state index in [0.29, 0.717) is 18.0 Å². The van der Waals surface area contributed by atoms with Gasteiger partial charge in [0.2, 0.25) is 15.9 Å². The number of ether oxygens (including phenoxy) is 1. The van der Waals surface area contributed by atoms with E-state index in [4.69, 9.17) is 10.5 Å². The molecular formula is C16H26ClN3O4S. The molecule has 1 aliphatic heterocycles. The highest BCUT2D eigenvalue weighted by Crippen LogP contribution is 2.22. The number of amides is 1. The summed E-state index contributed by atoms with van der Waals surface area (Å²) in [7, 11) is -2.07. The van der Waals surface area contributed by atoms with Crippen LogP contribution in [0.15, 0.2) is 23.1 Å². The fourth-order valence-corrected chi connectivity index (χ4v) is 4.49. The van der Waals surface area contributed by atoms with Crippen LogP contribution < -0.4 is 5.73 Å². The van der Waals surface area contributed by atoms with Gasteiger partial charge in [-0.3, -0.25) is 4.79 Å². The molecule has 2 rings (SSSR count). The monoisotopic (exact) mass is 391 g/mol. The summed E-state index contributed by atoms with van der Waals surface area (Å²) in [6, 6.07) is 4.68. The van der Waals surface area contributed by atoms with Crippen molar-refractivity contribution in [3.05, 3.63) is 29.3 Å². The Morgan fingerprint density at radius 2 is 1.84 bits per heavy atom. The van der Waals surface area contributed by atoms with Crippen LogP contribution in [0.4, 0.5) is 0 Å². The Kier molecular flexibility index (Phi) is 7.83. The number of piperazine rings is 1. The van der Waals surface area contributed by atoms with Gasteiger partial charge in [-0.2, -0.15) is 4.31 Å². The van der Waals surface area contributed by atoms with Gasteiger partial charge in [0.15, 0.2) is 0 Å². The second-order valence-corrected chi connectivity index (χ2v) is 7.97. The lowest BCUT2D eigenvalue weighted by Crippen LogP contribution is -2.55. The Balaban J connectivity index is 0.00000312. The average molecular weight is 392 g/mol. The predicted molar refractivity (Wildman–Crippen MR) is 98.4 cm³/mol. The molecule has 2 N–H and O–H groups in total. The Hall–Kier alpha value is -1.19. The van der Waals surface area contributed by atoms with Crippen molar-refractivity contribution < 1.29 is 17.9 Å². The summed E-state index contributed by atoms with van der Waals surface area (Å²) in [5, 5.41) is 0. The molecule has 1 unspecified atom stereocenters. The summed E-state index contributed by atoms with van der Waals surface area (Å²) in [5.41, 5.74) is 7.38. The van der Waals surface area contributed by atoms with E-state index in [9.17, 15) is 13.2 Å². The minimum Gasteiger partial charge on any atom is -0.383 e. The topological polar surface area (TPSA) is 92.9 Å². The number of carbonyl (C=O) groups excluding carboxylic acids is 1. The Morgan fingerprint density at radius 1 is 1.24 bits per heavy atom. The van der Waals surface area contributed by atoms with Gasteiger partial charge in [-0.05, 0) is 31.0 Å². The maximum Gasteiger partial charge on any atom is 0.243 e. The van der Waals surface area contributed by atoms with Crippen LogP contribution in [0.25, 0.3) is 0 Å². The number of aryl methyl sites for hydroxylation is 2. The molecule has 0 aromatic heterocycles. The molecule has 25 heavy (non-hydrogen) atoms. The Morgan fingerprint density at radius 3 is 2.40 bits per heavy atom. The first-order valence-electron chi connectivity index (χ1n) is 7.88. The number of methoxy groups -OCH3 is 1. The second kappa shape index (κ2) is 8.95. The van der Waals surface area contributed by atoms with Gasteiger partial charge in [0, 0.05) is 33.3 Å². The van der Waals surface area contributed by atoms with E-state index in [1.807, 2.05) is 19.1 Å². The molecule has 1 aromatic rings. The quantitative estimate of drug-likeness (QED) is 0.790. The van der Waals surface area contributed by atoms with Crippen molar-refractivity contribution in [1.29, 1.82) is 0 Å². The lowest BCUT2D eigenvalue weighted by molar-refractivity contribution is -0.134. The van der Waals surface area contributed by atoms with Gasteiger partial charge in [-0.1, -0.05) is 12.1 Å². The number of sulfonamides is 1. The number of nitrogens with two attached hydrogens (primary N) is 1. The smallest absolute Gasteiger partial charge is 0.243 e. The molecule has 142 valence electrons. The van der Waals surface area contributed by atoms with E-state index in [2.05, 4.69) is 0 Å². The maximum atomic E-state index is 12.9. The molecule has 0 aliphatic carbocycles. The number of nitrogens with zero attached hydrogens (tertiary/aromatic N) is 2. The van der Waals surface area contributed by atoms with Crippen molar-refractivity contribution in [2.24, 2.45) is 5.73 Å². The summed E-state index contributed by atoms with van der Waals surface area (Å²) in [4.78, 5) is 14.1. The molecule has 0 bridgehead atoms. The molecule has 1 amide bonds. The summed E-state index contributed by atoms with van der Waals surface area (Å²) in [5.74, 6) is -0.208. The zero-order chi connectivity index (χ0) is 17.9. The van der Waals surface area contributed by atoms with E-state index >= 15 is 0 Å². The van der Waals surface area contributed by atoms with E-state index in [1.165, 1.54) is 11.4 Å². The van der Waals surface area contributed by atoms with E-state index in [1.54, 1.807) is 17.9 Å². The van der Waals surface area contributed by atoms with Crippen LogP contribution in [0.5, 0.6) is 0 Å². The molecule has 1 aromatic carbocycles. The number of benzene rings is 1. The van der Waals surface area contributed by atoms with Crippen molar-refractivity contribution in [2.75, 3.05) is 39.9 Å². The minimum absolute atomic E-state index is 0. The van der Waals surface area contributed by atoms with Crippen LogP contribution in [0.3, 0.4) is 0 Å². The second-order valence-electron chi connectivity index (χ2n) is 6.06. The average Bonchev–Trinajstić information content (AvgIpc) is 2.56. The van der Waals surface area contributed by atoms with Crippen LogP contribution in [0.2, 0.25) is 0 Å². The van der Waals surface area contributed by atoms with Crippen molar-refractivity contribution >= 4 is 28.3 Å². The molecule has 1 fully saturated rings. The van der Waals surface area contributed by atoms with Crippen LogP contribution in [0, 0.1) is 13.8 Å². The van der Waals surface area contributed by atoms with Crippen molar-refractivity contribution in [2.45, 2.75) is 24.8 Å². The molecule has 1 aliphatic rings. The third-order valence-corrected chi connectivity index (χ3v) is 6.22. The lowest BCUT2D eigenvalue weighted by Gasteiger charge is -2.35. The van der Waals surface area contributed by atoms with Gasteiger partial charge in [0.05, 0.1) is 11.5 Å². The summed E-state index contributed by atoms with van der Waals surface area (Å²) >= 11 is 0. The SMILES string of the molecule is COCC(N)C(=O)N1CCN(S(=O)(=O)c2cc(C)ccc2C)CC1.Cl. The van der Waals surface area contributed by atoms with Gasteiger partial charge in [-0.15, -0.1) is 12.4 Å². The lowest BCUT2D eigenvalue weighted by atomic mass is 10.2. The normalized spacial score (nSPS) is 17.0. The van der Waals surface area contributed by atoms with Crippen LogP contribution in [-0.4, -0.2) is 69.5 Å². The summed E-state index contributed by atoms with van der Waals surface area (Å²) in [6.45, 7) is 5.00. The number of hydrogen-bond donors (Lipinski definition) is 1. The fraction of sp³-hybridized carbons (Fsp3) is 0.562. The first-order valence-corrected chi connectivity index (χ1v) is 9.32. The molecule has 0 spiro atoms. The maximum absolute atomic E-state index is 12.9. The molecule has 1 saturated heterocycles. The van der Waals surface area contributed by atoms with Crippen LogP contribution in [-0.2, 0) is 19.6 Å². The van der Waals surface area contributed by atoms with Crippen molar-refractivity contribution in [3.63, 3.8) is 0 Å². The zero-order valence-electron chi connectivity index (χ0n) is 14.8. The minimum atomic E-state index is -3.56. The van der Waals surface area contributed by atoms with Gasteiger partial charge < -0.3 is 15.4 Å². The summed E-state index contributed by atoms with van der Waals surface area (Å²) in [6.07, 6.45) is 0. The molecule has 1 atom stereocenters. The highest BCUT2D eigenvalue weighted by Gasteiger charge is 2.32. The van der Waals surface area contributed by atoms with Gasteiger partial charge in [-0.25, -0.2) is 8.42 Å². The van der Waals surface area contributed by atoms with E-state index in [-0.39, 0.29) is 38.0 Å². The number of halogens is 1. The Bertz CT molecular complexity index is 703. The molecule has 1 heterocycles. The number of hydrogen-bond acceptors (Lipinski definition) is 5. The van der Waals surface area contributed by atoms with E-state index in [0.717, 1.165) is 11.1 Å². The molecule has 7 nitrogen and oxygen atoms in total. The Labute approximate surface area is 155 Å². The highest BCUT2D eigenvalue weighted by atomic mass is 35.5. The van der Waals surface area contributed by atoms with Crippen molar-refractivity contribution in [3.8, 4) is 0 Å². The molecular weight excluding hydrogens is 366 g/mol. The molecule has 0 saturated carbocycles. The third kappa shape index (κ3) is 4.92. The highest BCUT2D eigenvalue weighted by molar-refractivity contribution is 7.89. The summed E-state index contributed by atoms with van der Waals surface area (Å²) < 4.78 is 32.0. The zero-order valence-corrected chi connectivity index (χ0v) is 16.4. The standard InChI is InChI=1S/C16H25N3O4S.ClH/c1-12-4-5-13(2)15(10-12)24(21,22)19-8-6-18(7-9-19)16(20)14(17)11-23-3;/h4-5,10,14H,6-9,11,17H2,1-3H3;1H. The number of carbonyl (C=O) groups is 1. The van der Waals surface area contributed by atoms with Crippen LogP contribution >= 0.6 is 12.4 Å². The predicted octanol–water partition coefficient (Wildman–Crippen LogP) is 0.532. The molecule has 0 radical (unpaired) electrons. The van der Waals surface area contributed by atoms with Gasteiger partial charge in [0.1, 0.15) is 6.04 Å². The first-order chi connectivity index (χ1) is 11.3. The third-order valence-electron chi connectivity index (χ3n) is 4.18. The number of rotatable bonds is 5. The molecule has 9 heteroatoms. The first kappa shape index (κ1) is 21.9. The van der Waals surface area contributed by atoms with Crippen molar-refractivity contribution in [1.82, 2.24) is 9.21 Å². The van der Waals surface area contributed by atoms with Crippen LogP contribution in [0.1, 0.15) is 11.1 Å². The van der Waals surface area contributed by atoms with Gasteiger partial charge >= 0.3 is 0 Å².